The van der Waals surface area contributed by atoms with Crippen LogP contribution in [0.1, 0.15) is 33.1 Å². The molecule has 152 valence electrons. The van der Waals surface area contributed by atoms with Crippen LogP contribution in [-0.4, -0.2) is 29.0 Å². The fraction of sp³-hybridized carbons (Fsp3) is 0.261. The third-order valence-electron chi connectivity index (χ3n) is 5.46. The van der Waals surface area contributed by atoms with Gasteiger partial charge in [-0.15, -0.1) is 0 Å². The fourth-order valence-corrected chi connectivity index (χ4v) is 3.90. The van der Waals surface area contributed by atoms with Crippen molar-refractivity contribution in [3.63, 3.8) is 0 Å². The van der Waals surface area contributed by atoms with Gasteiger partial charge in [0.2, 0.25) is 5.78 Å². The maximum absolute atomic E-state index is 14.8. The molecule has 0 aliphatic carbocycles. The van der Waals surface area contributed by atoms with Gasteiger partial charge in [0, 0.05) is 44.1 Å². The SMILES string of the molecule is COc1cccc(-c2cccc(CC(=O)c3nc4c(n3C)CNCC4)c2C#N)c1F. The zero-order valence-electron chi connectivity index (χ0n) is 16.8. The van der Waals surface area contributed by atoms with Crippen LogP contribution >= 0.6 is 0 Å². The summed E-state index contributed by atoms with van der Waals surface area (Å²) >= 11 is 0. The van der Waals surface area contributed by atoms with Crippen LogP contribution in [0.25, 0.3) is 11.1 Å². The average molecular weight is 404 g/mol. The summed E-state index contributed by atoms with van der Waals surface area (Å²) in [5, 5.41) is 13.1. The van der Waals surface area contributed by atoms with Gasteiger partial charge < -0.3 is 14.6 Å². The zero-order chi connectivity index (χ0) is 21.3. The van der Waals surface area contributed by atoms with Crippen molar-refractivity contribution in [2.75, 3.05) is 13.7 Å². The number of ketones is 1. The first-order chi connectivity index (χ1) is 14.5. The Hall–Kier alpha value is -3.50. The van der Waals surface area contributed by atoms with E-state index in [1.165, 1.54) is 13.2 Å². The monoisotopic (exact) mass is 404 g/mol. The lowest BCUT2D eigenvalue weighted by atomic mass is 9.93. The summed E-state index contributed by atoms with van der Waals surface area (Å²) < 4.78 is 21.7. The quantitative estimate of drug-likeness (QED) is 0.661. The first-order valence-corrected chi connectivity index (χ1v) is 9.68. The number of carbonyl (C=O) groups excluding carboxylic acids is 1. The number of imidazole rings is 1. The van der Waals surface area contributed by atoms with Gasteiger partial charge in [-0.1, -0.05) is 30.3 Å². The number of carbonyl (C=O) groups is 1. The van der Waals surface area contributed by atoms with E-state index in [4.69, 9.17) is 4.74 Å². The largest absolute Gasteiger partial charge is 0.494 e. The molecule has 0 unspecified atom stereocenters. The van der Waals surface area contributed by atoms with E-state index in [0.29, 0.717) is 23.5 Å². The Balaban J connectivity index is 1.72. The van der Waals surface area contributed by atoms with Gasteiger partial charge in [-0.3, -0.25) is 4.79 Å². The van der Waals surface area contributed by atoms with Crippen molar-refractivity contribution in [2.45, 2.75) is 19.4 Å². The molecule has 1 aliphatic heterocycles. The van der Waals surface area contributed by atoms with Crippen LogP contribution in [0.3, 0.4) is 0 Å². The summed E-state index contributed by atoms with van der Waals surface area (Å²) in [5.74, 6) is -0.230. The average Bonchev–Trinajstić information content (AvgIpc) is 3.11. The number of nitriles is 1. The van der Waals surface area contributed by atoms with Crippen molar-refractivity contribution < 1.29 is 13.9 Å². The predicted molar refractivity (Wildman–Crippen MR) is 110 cm³/mol. The molecule has 6 nitrogen and oxygen atoms in total. The molecule has 0 saturated carbocycles. The molecule has 3 aromatic rings. The van der Waals surface area contributed by atoms with E-state index in [1.807, 2.05) is 11.6 Å². The molecule has 0 radical (unpaired) electrons. The van der Waals surface area contributed by atoms with Crippen LogP contribution < -0.4 is 10.1 Å². The highest BCUT2D eigenvalue weighted by Crippen LogP contribution is 2.32. The smallest absolute Gasteiger partial charge is 0.202 e. The van der Waals surface area contributed by atoms with Crippen LogP contribution in [0, 0.1) is 17.1 Å². The number of hydrogen-bond donors (Lipinski definition) is 1. The molecule has 0 amide bonds. The highest BCUT2D eigenvalue weighted by Gasteiger charge is 2.23. The maximum Gasteiger partial charge on any atom is 0.202 e. The highest BCUT2D eigenvalue weighted by atomic mass is 19.1. The Morgan fingerprint density at radius 2 is 2.07 bits per heavy atom. The van der Waals surface area contributed by atoms with Crippen LogP contribution in [-0.2, 0) is 26.4 Å². The van der Waals surface area contributed by atoms with E-state index in [0.717, 1.165) is 24.4 Å². The molecular formula is C23H21FN4O2. The van der Waals surface area contributed by atoms with Gasteiger partial charge in [0.25, 0.3) is 0 Å². The Labute approximate surface area is 173 Å². The maximum atomic E-state index is 14.8. The normalized spacial score (nSPS) is 12.9. The van der Waals surface area contributed by atoms with E-state index < -0.39 is 5.82 Å². The number of Topliss-reactive ketones (excluding diaryl/α,β-unsaturated/α-hetero) is 1. The minimum Gasteiger partial charge on any atom is -0.494 e. The van der Waals surface area contributed by atoms with Gasteiger partial charge >= 0.3 is 0 Å². The second kappa shape index (κ2) is 8.09. The number of aromatic nitrogens is 2. The van der Waals surface area contributed by atoms with Crippen LogP contribution in [0.5, 0.6) is 5.75 Å². The van der Waals surface area contributed by atoms with Gasteiger partial charge in [0.1, 0.15) is 6.07 Å². The predicted octanol–water partition coefficient (Wildman–Crippen LogP) is 3.18. The summed E-state index contributed by atoms with van der Waals surface area (Å²) in [7, 11) is 3.23. The van der Waals surface area contributed by atoms with Crippen molar-refractivity contribution in [1.29, 1.82) is 5.26 Å². The summed E-state index contributed by atoms with van der Waals surface area (Å²) in [4.78, 5) is 17.6. The van der Waals surface area contributed by atoms with Gasteiger partial charge in [0.05, 0.1) is 24.1 Å². The lowest BCUT2D eigenvalue weighted by Gasteiger charge is -2.13. The first kappa shape index (κ1) is 19.8. The second-order valence-corrected chi connectivity index (χ2v) is 7.19. The Morgan fingerprint density at radius 3 is 2.80 bits per heavy atom. The highest BCUT2D eigenvalue weighted by molar-refractivity contribution is 5.95. The van der Waals surface area contributed by atoms with Gasteiger partial charge in [-0.05, 0) is 11.6 Å². The fourth-order valence-electron chi connectivity index (χ4n) is 3.90. The van der Waals surface area contributed by atoms with E-state index >= 15 is 0 Å². The lowest BCUT2D eigenvalue weighted by molar-refractivity contribution is 0.0979. The van der Waals surface area contributed by atoms with Crippen LogP contribution in [0.15, 0.2) is 36.4 Å². The van der Waals surface area contributed by atoms with Crippen molar-refractivity contribution in [3.8, 4) is 22.9 Å². The van der Waals surface area contributed by atoms with Crippen molar-refractivity contribution in [2.24, 2.45) is 7.05 Å². The number of hydrogen-bond acceptors (Lipinski definition) is 5. The minimum atomic E-state index is -0.538. The molecule has 4 rings (SSSR count). The molecule has 0 atom stereocenters. The Bertz CT molecular complexity index is 1180. The third kappa shape index (κ3) is 3.36. The third-order valence-corrected chi connectivity index (χ3v) is 5.46. The summed E-state index contributed by atoms with van der Waals surface area (Å²) in [6, 6.07) is 12.1. The Morgan fingerprint density at radius 1 is 1.30 bits per heavy atom. The molecular weight excluding hydrogens is 383 g/mol. The standard InChI is InChI=1S/C23H21FN4O2/c1-28-19-13-26-10-9-18(19)27-23(28)20(29)11-14-5-3-6-15(17(14)12-25)16-7-4-8-21(30-2)22(16)24/h3-8,26H,9-11,13H2,1-2H3. The number of nitrogens with zero attached hydrogens (tertiary/aromatic N) is 3. The molecule has 7 heteroatoms. The molecule has 2 aromatic carbocycles. The van der Waals surface area contributed by atoms with E-state index in [-0.39, 0.29) is 29.1 Å². The molecule has 1 aromatic heterocycles. The molecule has 1 N–H and O–H groups in total. The van der Waals surface area contributed by atoms with Gasteiger partial charge in [-0.2, -0.15) is 5.26 Å². The van der Waals surface area contributed by atoms with Gasteiger partial charge in [-0.25, -0.2) is 9.37 Å². The first-order valence-electron chi connectivity index (χ1n) is 9.68. The number of ether oxygens (including phenoxy) is 1. The summed E-state index contributed by atoms with van der Waals surface area (Å²) in [6.07, 6.45) is 0.796. The van der Waals surface area contributed by atoms with Crippen LogP contribution in [0.4, 0.5) is 4.39 Å². The number of nitrogens with one attached hydrogen (secondary N) is 1. The molecule has 1 aliphatic rings. The minimum absolute atomic E-state index is 0.0134. The summed E-state index contributed by atoms with van der Waals surface area (Å²) in [5.41, 5.74) is 3.46. The number of halogens is 1. The summed E-state index contributed by atoms with van der Waals surface area (Å²) in [6.45, 7) is 1.52. The zero-order valence-corrected chi connectivity index (χ0v) is 16.8. The molecule has 0 fully saturated rings. The Kier molecular flexibility index (Phi) is 5.34. The van der Waals surface area contributed by atoms with Crippen LogP contribution in [0.2, 0.25) is 0 Å². The number of rotatable bonds is 5. The molecule has 0 saturated heterocycles. The molecule has 30 heavy (non-hydrogen) atoms. The molecule has 2 heterocycles. The van der Waals surface area contributed by atoms with Crippen molar-refractivity contribution >= 4 is 5.78 Å². The topological polar surface area (TPSA) is 79.9 Å². The van der Waals surface area contributed by atoms with Crippen molar-refractivity contribution in [3.05, 3.63) is 70.6 Å². The second-order valence-electron chi connectivity index (χ2n) is 7.19. The van der Waals surface area contributed by atoms with E-state index in [1.54, 1.807) is 30.3 Å². The van der Waals surface area contributed by atoms with E-state index in [2.05, 4.69) is 16.4 Å². The lowest BCUT2D eigenvalue weighted by Crippen LogP contribution is -2.25. The number of benzene rings is 2. The van der Waals surface area contributed by atoms with Crippen molar-refractivity contribution in [1.82, 2.24) is 14.9 Å². The number of methoxy groups -OCH3 is 1. The van der Waals surface area contributed by atoms with Gasteiger partial charge in [0.15, 0.2) is 17.4 Å². The van der Waals surface area contributed by atoms with E-state index in [9.17, 15) is 14.4 Å². The molecule has 0 spiro atoms. The molecule has 0 bridgehead atoms. The number of fused-ring (bicyclic) bond motifs is 1.